The Balaban J connectivity index is 0.928. The fraction of sp³-hybridized carbons (Fsp3) is 0.929. The maximum atomic E-state index is 13.1. The lowest BCUT2D eigenvalue weighted by Gasteiger charge is -2.56. The number of Topliss-reactive ketones (excluding diaryl/α,β-unsaturated/α-hetero) is 2. The van der Waals surface area contributed by atoms with Crippen molar-refractivity contribution in [3.05, 3.63) is 0 Å². The largest absolute Gasteiger partial charge is 0.299 e. The molecule has 166 valence electrons. The normalized spacial score (nSPS) is 47.7. The van der Waals surface area contributed by atoms with Crippen LogP contribution in [0.3, 0.4) is 0 Å². The Hall–Kier alpha value is -0.660. The Morgan fingerprint density at radius 2 is 0.733 bits per heavy atom. The molecule has 0 aromatic heterocycles. The van der Waals surface area contributed by atoms with Crippen LogP contribution in [0.2, 0.25) is 0 Å². The fourth-order valence-electron chi connectivity index (χ4n) is 10.4. The van der Waals surface area contributed by atoms with Crippen LogP contribution in [0.25, 0.3) is 0 Å². The molecule has 0 saturated heterocycles. The SMILES string of the molecule is O=C(CCCCCCC(=O)C12CC3CC(CC(C3)C1)C2)C12CC3CC(CC(C3)C1)C2. The fourth-order valence-corrected chi connectivity index (χ4v) is 10.4. The van der Waals surface area contributed by atoms with Gasteiger partial charge in [-0.1, -0.05) is 12.8 Å². The maximum absolute atomic E-state index is 13.1. The molecule has 8 aliphatic rings. The number of carbonyl (C=O) groups is 2. The predicted molar refractivity (Wildman–Crippen MR) is 119 cm³/mol. The number of hydrogen-bond donors (Lipinski definition) is 0. The van der Waals surface area contributed by atoms with Crippen LogP contribution < -0.4 is 0 Å². The second-order valence-corrected chi connectivity index (χ2v) is 13.2. The summed E-state index contributed by atoms with van der Waals surface area (Å²) in [5, 5.41) is 0. The summed E-state index contributed by atoms with van der Waals surface area (Å²) in [7, 11) is 0. The molecule has 8 rings (SSSR count). The molecule has 0 heterocycles. The summed E-state index contributed by atoms with van der Waals surface area (Å²) in [5.74, 6) is 6.46. The van der Waals surface area contributed by atoms with E-state index in [4.69, 9.17) is 0 Å². The average Bonchev–Trinajstić information content (AvgIpc) is 2.68. The van der Waals surface area contributed by atoms with Crippen molar-refractivity contribution in [2.75, 3.05) is 0 Å². The topological polar surface area (TPSA) is 34.1 Å². The van der Waals surface area contributed by atoms with Gasteiger partial charge >= 0.3 is 0 Å². The predicted octanol–water partition coefficient (Wildman–Crippen LogP) is 6.90. The Morgan fingerprint density at radius 1 is 0.467 bits per heavy atom. The molecule has 0 unspecified atom stereocenters. The van der Waals surface area contributed by atoms with Crippen LogP contribution in [-0.4, -0.2) is 11.6 Å². The van der Waals surface area contributed by atoms with Crippen LogP contribution >= 0.6 is 0 Å². The van der Waals surface area contributed by atoms with Gasteiger partial charge in [-0.15, -0.1) is 0 Å². The van der Waals surface area contributed by atoms with Crippen LogP contribution in [0.4, 0.5) is 0 Å². The van der Waals surface area contributed by atoms with Gasteiger partial charge in [-0.3, -0.25) is 9.59 Å². The first kappa shape index (κ1) is 20.0. The third-order valence-corrected chi connectivity index (χ3v) is 10.8. The van der Waals surface area contributed by atoms with E-state index in [1.807, 2.05) is 0 Å². The van der Waals surface area contributed by atoms with Crippen molar-refractivity contribution < 1.29 is 9.59 Å². The van der Waals surface area contributed by atoms with Crippen molar-refractivity contribution in [2.45, 2.75) is 116 Å². The van der Waals surface area contributed by atoms with Crippen LogP contribution in [0.1, 0.15) is 116 Å². The van der Waals surface area contributed by atoms with E-state index >= 15 is 0 Å². The quantitative estimate of drug-likeness (QED) is 0.387. The van der Waals surface area contributed by atoms with Crippen molar-refractivity contribution in [1.29, 1.82) is 0 Å². The molecule has 8 aliphatic carbocycles. The zero-order chi connectivity index (χ0) is 20.3. The number of hydrogen-bond acceptors (Lipinski definition) is 2. The molecule has 0 aliphatic heterocycles. The average molecular weight is 411 g/mol. The minimum atomic E-state index is 0.100. The molecule has 0 spiro atoms. The van der Waals surface area contributed by atoms with E-state index in [0.717, 1.165) is 74.0 Å². The maximum Gasteiger partial charge on any atom is 0.139 e. The molecule has 30 heavy (non-hydrogen) atoms. The van der Waals surface area contributed by atoms with Gasteiger partial charge < -0.3 is 0 Å². The summed E-state index contributed by atoms with van der Waals surface area (Å²) >= 11 is 0. The molecule has 0 N–H and O–H groups in total. The molecule has 0 amide bonds. The highest BCUT2D eigenvalue weighted by Crippen LogP contribution is 2.61. The molecule has 0 radical (unpaired) electrons. The minimum absolute atomic E-state index is 0.100. The minimum Gasteiger partial charge on any atom is -0.299 e. The Labute approximate surface area is 183 Å². The van der Waals surface area contributed by atoms with Crippen molar-refractivity contribution in [3.63, 3.8) is 0 Å². The van der Waals surface area contributed by atoms with E-state index in [1.165, 1.54) is 77.0 Å². The van der Waals surface area contributed by atoms with Gasteiger partial charge in [0.2, 0.25) is 0 Å². The summed E-state index contributed by atoms with van der Waals surface area (Å²) in [5.41, 5.74) is 0.201. The molecule has 0 aromatic rings. The number of ketones is 2. The first-order valence-electron chi connectivity index (χ1n) is 13.6. The molecule has 0 atom stereocenters. The molecular weight excluding hydrogens is 368 g/mol. The lowest BCUT2D eigenvalue weighted by atomic mass is 9.48. The molecule has 8 bridgehead atoms. The first-order chi connectivity index (χ1) is 14.5. The van der Waals surface area contributed by atoms with Crippen molar-refractivity contribution in [3.8, 4) is 0 Å². The van der Waals surface area contributed by atoms with E-state index in [1.54, 1.807) is 0 Å². The number of carbonyl (C=O) groups excluding carboxylic acids is 2. The molecule has 2 heteroatoms. The van der Waals surface area contributed by atoms with Gasteiger partial charge in [-0.05, 0) is 125 Å². The van der Waals surface area contributed by atoms with Gasteiger partial charge in [0, 0.05) is 23.7 Å². The van der Waals surface area contributed by atoms with Gasteiger partial charge in [-0.2, -0.15) is 0 Å². The second kappa shape index (κ2) is 7.45. The second-order valence-electron chi connectivity index (χ2n) is 13.2. The number of rotatable bonds is 9. The Morgan fingerprint density at radius 3 is 1.00 bits per heavy atom. The Kier molecular flexibility index (Phi) is 4.96. The lowest BCUT2D eigenvalue weighted by molar-refractivity contribution is -0.144. The summed E-state index contributed by atoms with van der Waals surface area (Å²) < 4.78 is 0. The highest BCUT2D eigenvalue weighted by molar-refractivity contribution is 5.86. The third-order valence-electron chi connectivity index (χ3n) is 10.8. The summed E-state index contributed by atoms with van der Waals surface area (Å²) in [6.45, 7) is 0. The van der Waals surface area contributed by atoms with Crippen LogP contribution in [0.15, 0.2) is 0 Å². The van der Waals surface area contributed by atoms with E-state index in [2.05, 4.69) is 0 Å². The monoisotopic (exact) mass is 410 g/mol. The molecular formula is C28H42O2. The summed E-state index contributed by atoms with van der Waals surface area (Å²) in [6.07, 6.45) is 21.9. The molecule has 8 saturated carbocycles. The van der Waals surface area contributed by atoms with Crippen LogP contribution in [0.5, 0.6) is 0 Å². The molecule has 2 nitrogen and oxygen atoms in total. The molecule has 8 fully saturated rings. The highest BCUT2D eigenvalue weighted by Gasteiger charge is 2.55. The highest BCUT2D eigenvalue weighted by atomic mass is 16.1. The first-order valence-corrected chi connectivity index (χ1v) is 13.6. The standard InChI is InChI=1S/C28H42O2/c29-25(27-13-19-7-20(14-27)9-21(8-19)15-27)5-3-1-2-4-6-26(30)28-16-22-10-23(17-28)12-24(11-22)18-28/h19-24H,1-18H2. The van der Waals surface area contributed by atoms with E-state index in [0.29, 0.717) is 11.6 Å². The van der Waals surface area contributed by atoms with Crippen LogP contribution in [-0.2, 0) is 9.59 Å². The zero-order valence-corrected chi connectivity index (χ0v) is 19.0. The Bertz CT molecular complexity index is 573. The third kappa shape index (κ3) is 3.43. The van der Waals surface area contributed by atoms with Gasteiger partial charge in [0.25, 0.3) is 0 Å². The summed E-state index contributed by atoms with van der Waals surface area (Å²) in [4.78, 5) is 26.3. The van der Waals surface area contributed by atoms with Gasteiger partial charge in [0.15, 0.2) is 0 Å². The van der Waals surface area contributed by atoms with Crippen molar-refractivity contribution >= 4 is 11.6 Å². The van der Waals surface area contributed by atoms with Crippen molar-refractivity contribution in [1.82, 2.24) is 0 Å². The molecule has 0 aromatic carbocycles. The van der Waals surface area contributed by atoms with Gasteiger partial charge in [0.1, 0.15) is 11.6 Å². The van der Waals surface area contributed by atoms with E-state index in [-0.39, 0.29) is 10.8 Å². The smallest absolute Gasteiger partial charge is 0.139 e. The van der Waals surface area contributed by atoms with Crippen LogP contribution in [0, 0.1) is 46.3 Å². The van der Waals surface area contributed by atoms with Gasteiger partial charge in [0.05, 0.1) is 0 Å². The lowest BCUT2D eigenvalue weighted by Crippen LogP contribution is -2.50. The van der Waals surface area contributed by atoms with E-state index < -0.39 is 0 Å². The zero-order valence-electron chi connectivity index (χ0n) is 19.0. The summed E-state index contributed by atoms with van der Waals surface area (Å²) in [6, 6.07) is 0. The van der Waals surface area contributed by atoms with Gasteiger partial charge in [-0.25, -0.2) is 0 Å². The number of unbranched alkanes of at least 4 members (excludes halogenated alkanes) is 3. The van der Waals surface area contributed by atoms with E-state index in [9.17, 15) is 9.59 Å². The van der Waals surface area contributed by atoms with Crippen molar-refractivity contribution in [2.24, 2.45) is 46.3 Å².